The monoisotopic (exact) mass is 434 g/mol. The first kappa shape index (κ1) is 23.4. The zero-order valence-electron chi connectivity index (χ0n) is 17.3. The number of sulfonamides is 1. The molecule has 0 heterocycles. The molecule has 0 saturated carbocycles. The molecule has 0 spiro atoms. The lowest BCUT2D eigenvalue weighted by molar-refractivity contribution is -0.147. The molecule has 0 aliphatic carbocycles. The van der Waals surface area contributed by atoms with Gasteiger partial charge in [-0.05, 0) is 56.2 Å². The number of nitrogens with one attached hydrogen (secondary N) is 1. The molecule has 0 fully saturated rings. The van der Waals surface area contributed by atoms with Crippen LogP contribution in [0.2, 0.25) is 0 Å². The summed E-state index contributed by atoms with van der Waals surface area (Å²) in [6.45, 7) is 4.98. The lowest BCUT2D eigenvalue weighted by Crippen LogP contribution is -2.32. The third-order valence-corrected chi connectivity index (χ3v) is 5.45. The molecule has 0 aliphatic rings. The Morgan fingerprint density at radius 1 is 1.10 bits per heavy atom. The molecule has 2 aromatic carbocycles. The van der Waals surface area contributed by atoms with Crippen LogP contribution in [0, 0.1) is 6.92 Å². The molecule has 162 valence electrons. The molecular formula is C21H26N2O6S. The van der Waals surface area contributed by atoms with Crippen LogP contribution in [0.3, 0.4) is 0 Å². The van der Waals surface area contributed by atoms with Gasteiger partial charge in [-0.25, -0.2) is 13.6 Å². The van der Waals surface area contributed by atoms with Crippen molar-refractivity contribution in [1.29, 1.82) is 0 Å². The maximum Gasteiger partial charge on any atom is 0.308 e. The second kappa shape index (κ2) is 9.73. The Balaban J connectivity index is 2.35. The highest BCUT2D eigenvalue weighted by molar-refractivity contribution is 7.89. The van der Waals surface area contributed by atoms with Gasteiger partial charge in [0.25, 0.3) is 5.91 Å². The highest BCUT2D eigenvalue weighted by Crippen LogP contribution is 2.23. The topological polar surface area (TPSA) is 125 Å². The summed E-state index contributed by atoms with van der Waals surface area (Å²) >= 11 is 0. The van der Waals surface area contributed by atoms with Gasteiger partial charge in [-0.2, -0.15) is 0 Å². The van der Waals surface area contributed by atoms with Gasteiger partial charge in [0.1, 0.15) is 5.75 Å². The lowest BCUT2D eigenvalue weighted by atomic mass is 10.0. The molecule has 2 rings (SSSR count). The number of esters is 1. The quantitative estimate of drug-likeness (QED) is 0.615. The first-order chi connectivity index (χ1) is 14.0. The van der Waals surface area contributed by atoms with Gasteiger partial charge in [0, 0.05) is 5.56 Å². The van der Waals surface area contributed by atoms with Crippen molar-refractivity contribution in [1.82, 2.24) is 5.32 Å². The fourth-order valence-corrected chi connectivity index (χ4v) is 3.78. The van der Waals surface area contributed by atoms with Crippen LogP contribution in [0.5, 0.6) is 5.75 Å². The summed E-state index contributed by atoms with van der Waals surface area (Å²) in [6, 6.07) is 10.5. The zero-order chi connectivity index (χ0) is 22.5. The van der Waals surface area contributed by atoms with Crippen LogP contribution in [0.25, 0.3) is 0 Å². The molecule has 3 N–H and O–H groups in total. The van der Waals surface area contributed by atoms with E-state index in [2.05, 4.69) is 5.32 Å². The average Bonchev–Trinajstić information content (AvgIpc) is 2.66. The molecule has 1 atom stereocenters. The van der Waals surface area contributed by atoms with Crippen LogP contribution in [-0.4, -0.2) is 33.5 Å². The molecular weight excluding hydrogens is 408 g/mol. The molecule has 9 heteroatoms. The van der Waals surface area contributed by atoms with Crippen molar-refractivity contribution >= 4 is 21.9 Å². The van der Waals surface area contributed by atoms with Crippen LogP contribution in [0.1, 0.15) is 47.8 Å². The SMILES string of the molecule is COc1ccc([C@@H](CC(=O)OC(C)C)NC(=O)c2cccc(S(N)(=O)=O)c2C)cc1. The van der Waals surface area contributed by atoms with Gasteiger partial charge in [-0.1, -0.05) is 18.2 Å². The van der Waals surface area contributed by atoms with E-state index in [1.54, 1.807) is 38.1 Å². The predicted molar refractivity (Wildman–Crippen MR) is 112 cm³/mol. The maximum atomic E-state index is 12.9. The van der Waals surface area contributed by atoms with Crippen molar-refractivity contribution in [3.05, 3.63) is 59.2 Å². The highest BCUT2D eigenvalue weighted by Gasteiger charge is 2.23. The van der Waals surface area contributed by atoms with Gasteiger partial charge in [-0.15, -0.1) is 0 Å². The third-order valence-electron chi connectivity index (χ3n) is 4.40. The van der Waals surface area contributed by atoms with Crippen LogP contribution in [0.4, 0.5) is 0 Å². The van der Waals surface area contributed by atoms with Gasteiger partial charge < -0.3 is 14.8 Å². The molecule has 0 bridgehead atoms. The van der Waals surface area contributed by atoms with Crippen molar-refractivity contribution in [2.45, 2.75) is 44.2 Å². The van der Waals surface area contributed by atoms with Crippen LogP contribution in [0.15, 0.2) is 47.4 Å². The number of rotatable bonds is 8. The maximum absolute atomic E-state index is 12.9. The molecule has 0 aliphatic heterocycles. The van der Waals surface area contributed by atoms with E-state index in [-0.39, 0.29) is 28.5 Å². The van der Waals surface area contributed by atoms with E-state index in [1.165, 1.54) is 32.2 Å². The van der Waals surface area contributed by atoms with Crippen molar-refractivity contribution in [3.63, 3.8) is 0 Å². The van der Waals surface area contributed by atoms with Gasteiger partial charge in [0.05, 0.1) is 30.6 Å². The van der Waals surface area contributed by atoms with E-state index >= 15 is 0 Å². The van der Waals surface area contributed by atoms with Crippen molar-refractivity contribution < 1.29 is 27.5 Å². The van der Waals surface area contributed by atoms with Crippen LogP contribution in [-0.2, 0) is 19.6 Å². The van der Waals surface area contributed by atoms with Gasteiger partial charge >= 0.3 is 5.97 Å². The Hall–Kier alpha value is -2.91. The van der Waals surface area contributed by atoms with Crippen molar-refractivity contribution in [2.75, 3.05) is 7.11 Å². The number of benzene rings is 2. The summed E-state index contributed by atoms with van der Waals surface area (Å²) in [6.07, 6.45) is -0.386. The Kier molecular flexibility index (Phi) is 7.58. The zero-order valence-corrected chi connectivity index (χ0v) is 18.2. The van der Waals surface area contributed by atoms with E-state index in [1.807, 2.05) is 0 Å². The lowest BCUT2D eigenvalue weighted by Gasteiger charge is -2.20. The van der Waals surface area contributed by atoms with Crippen LogP contribution < -0.4 is 15.2 Å². The average molecular weight is 435 g/mol. The van der Waals surface area contributed by atoms with E-state index in [0.29, 0.717) is 11.3 Å². The Morgan fingerprint density at radius 2 is 1.73 bits per heavy atom. The minimum Gasteiger partial charge on any atom is -0.497 e. The van der Waals surface area contributed by atoms with E-state index in [9.17, 15) is 18.0 Å². The fraction of sp³-hybridized carbons (Fsp3) is 0.333. The van der Waals surface area contributed by atoms with Gasteiger partial charge in [0.2, 0.25) is 10.0 Å². The second-order valence-electron chi connectivity index (χ2n) is 7.02. The molecule has 0 aromatic heterocycles. The first-order valence-electron chi connectivity index (χ1n) is 9.29. The standard InChI is InChI=1S/C21H26N2O6S/c1-13(2)29-20(24)12-18(15-8-10-16(28-4)11-9-15)23-21(25)17-6-5-7-19(14(17)3)30(22,26)27/h5-11,13,18H,12H2,1-4H3,(H,23,25)(H2,22,26,27)/t18-/m1/s1. The molecule has 0 saturated heterocycles. The largest absolute Gasteiger partial charge is 0.497 e. The number of primary sulfonamides is 1. The Bertz CT molecular complexity index is 1020. The third kappa shape index (κ3) is 6.04. The van der Waals surface area contributed by atoms with Gasteiger partial charge in [0.15, 0.2) is 0 Å². The Morgan fingerprint density at radius 3 is 2.27 bits per heavy atom. The highest BCUT2D eigenvalue weighted by atomic mass is 32.2. The minimum atomic E-state index is -3.98. The minimum absolute atomic E-state index is 0.0931. The fourth-order valence-electron chi connectivity index (χ4n) is 2.97. The molecule has 1 amide bonds. The smallest absolute Gasteiger partial charge is 0.308 e. The van der Waals surface area contributed by atoms with Crippen molar-refractivity contribution in [2.24, 2.45) is 5.14 Å². The summed E-state index contributed by atoms with van der Waals surface area (Å²) in [4.78, 5) is 25.0. The number of methoxy groups -OCH3 is 1. The molecule has 0 unspecified atom stereocenters. The predicted octanol–water partition coefficient (Wildman–Crippen LogP) is 2.46. The number of hydrogen-bond donors (Lipinski definition) is 2. The van der Waals surface area contributed by atoms with Crippen molar-refractivity contribution in [3.8, 4) is 5.75 Å². The normalized spacial score (nSPS) is 12.3. The van der Waals surface area contributed by atoms with Crippen LogP contribution >= 0.6 is 0 Å². The number of nitrogens with two attached hydrogens (primary N) is 1. The molecule has 2 aromatic rings. The molecule has 30 heavy (non-hydrogen) atoms. The second-order valence-corrected chi connectivity index (χ2v) is 8.55. The number of amides is 1. The summed E-state index contributed by atoms with van der Waals surface area (Å²) in [5, 5.41) is 8.02. The molecule has 8 nitrogen and oxygen atoms in total. The van der Waals surface area contributed by atoms with E-state index < -0.39 is 27.9 Å². The molecule has 0 radical (unpaired) electrons. The first-order valence-corrected chi connectivity index (χ1v) is 10.8. The summed E-state index contributed by atoms with van der Waals surface area (Å²) < 4.78 is 33.9. The summed E-state index contributed by atoms with van der Waals surface area (Å²) in [7, 11) is -2.44. The van der Waals surface area contributed by atoms with E-state index in [4.69, 9.17) is 14.6 Å². The van der Waals surface area contributed by atoms with Gasteiger partial charge in [-0.3, -0.25) is 9.59 Å². The number of hydrogen-bond acceptors (Lipinski definition) is 6. The summed E-state index contributed by atoms with van der Waals surface area (Å²) in [5.41, 5.74) is 1.05. The number of carbonyl (C=O) groups excluding carboxylic acids is 2. The Labute approximate surface area is 176 Å². The van der Waals surface area contributed by atoms with E-state index in [0.717, 1.165) is 0 Å². The number of ether oxygens (including phenoxy) is 2. The summed E-state index contributed by atoms with van der Waals surface area (Å²) in [5.74, 6) is -0.373. The number of carbonyl (C=O) groups is 2.